The van der Waals surface area contributed by atoms with Crippen LogP contribution in [0.25, 0.3) is 10.9 Å². The summed E-state index contributed by atoms with van der Waals surface area (Å²) in [5.74, 6) is 0.785. The highest BCUT2D eigenvalue weighted by atomic mass is 16.1. The Labute approximate surface area is 210 Å². The zero-order valence-electron chi connectivity index (χ0n) is 20.8. The van der Waals surface area contributed by atoms with Crippen molar-refractivity contribution in [3.63, 3.8) is 0 Å². The summed E-state index contributed by atoms with van der Waals surface area (Å²) in [7, 11) is 0. The lowest BCUT2D eigenvalue weighted by Gasteiger charge is -2.40. The largest absolute Gasteiger partial charge is 0.369 e. The molecule has 0 spiro atoms. The minimum absolute atomic E-state index is 0.0694. The molecule has 0 amide bonds. The van der Waals surface area contributed by atoms with Crippen LogP contribution in [-0.4, -0.2) is 56.3 Å². The fourth-order valence-electron chi connectivity index (χ4n) is 5.89. The number of hydrogen-bond acceptors (Lipinski definition) is 6. The van der Waals surface area contributed by atoms with E-state index in [0.29, 0.717) is 11.6 Å². The van der Waals surface area contributed by atoms with Crippen LogP contribution in [0.15, 0.2) is 59.4 Å². The van der Waals surface area contributed by atoms with Crippen molar-refractivity contribution >= 4 is 16.6 Å². The van der Waals surface area contributed by atoms with Crippen LogP contribution in [0.5, 0.6) is 0 Å². The molecule has 1 aliphatic heterocycles. The van der Waals surface area contributed by atoms with Crippen LogP contribution in [0.4, 0.5) is 5.69 Å². The normalized spacial score (nSPS) is 18.5. The van der Waals surface area contributed by atoms with E-state index >= 15 is 0 Å². The molecule has 1 unspecified atom stereocenters. The number of H-pyrrole nitrogens is 1. The maximum absolute atomic E-state index is 13.5. The fourth-order valence-corrected chi connectivity index (χ4v) is 5.89. The van der Waals surface area contributed by atoms with E-state index in [2.05, 4.69) is 79.7 Å². The Morgan fingerprint density at radius 2 is 1.72 bits per heavy atom. The van der Waals surface area contributed by atoms with Gasteiger partial charge in [-0.2, -0.15) is 0 Å². The maximum Gasteiger partial charge on any atom is 0.253 e. The first-order valence-corrected chi connectivity index (χ1v) is 13.1. The molecule has 4 aromatic rings. The van der Waals surface area contributed by atoms with Gasteiger partial charge in [-0.25, -0.2) is 4.68 Å². The van der Waals surface area contributed by atoms with Crippen LogP contribution >= 0.6 is 0 Å². The quantitative estimate of drug-likeness (QED) is 0.457. The summed E-state index contributed by atoms with van der Waals surface area (Å²) in [4.78, 5) is 21.4. The number of tetrazole rings is 1. The number of anilines is 1. The van der Waals surface area contributed by atoms with E-state index in [1.807, 2.05) is 16.8 Å². The van der Waals surface area contributed by atoms with Gasteiger partial charge in [0.2, 0.25) is 0 Å². The second-order valence-electron chi connectivity index (χ2n) is 10.2. The van der Waals surface area contributed by atoms with Crippen molar-refractivity contribution in [1.82, 2.24) is 30.1 Å². The van der Waals surface area contributed by atoms with Crippen LogP contribution in [0, 0.1) is 6.92 Å². The molecule has 2 aliphatic rings. The predicted octanol–water partition coefficient (Wildman–Crippen LogP) is 4.24. The third-order valence-electron chi connectivity index (χ3n) is 7.81. The number of benzene rings is 2. The van der Waals surface area contributed by atoms with Gasteiger partial charge in [-0.3, -0.25) is 9.69 Å². The molecule has 2 fully saturated rings. The summed E-state index contributed by atoms with van der Waals surface area (Å²) in [6, 6.07) is 18.7. The van der Waals surface area contributed by atoms with E-state index in [4.69, 9.17) is 0 Å². The summed E-state index contributed by atoms with van der Waals surface area (Å²) in [6.07, 6.45) is 5.82. The van der Waals surface area contributed by atoms with Gasteiger partial charge in [-0.15, -0.1) is 5.10 Å². The molecular formula is C28H33N7O. The minimum Gasteiger partial charge on any atom is -0.369 e. The Morgan fingerprint density at radius 3 is 2.50 bits per heavy atom. The molecule has 2 aromatic heterocycles. The van der Waals surface area contributed by atoms with Gasteiger partial charge in [0.1, 0.15) is 6.04 Å². The monoisotopic (exact) mass is 483 g/mol. The van der Waals surface area contributed by atoms with Crippen molar-refractivity contribution in [2.45, 2.75) is 51.1 Å². The molecule has 1 N–H and O–H groups in total. The second-order valence-corrected chi connectivity index (χ2v) is 10.2. The van der Waals surface area contributed by atoms with Crippen LogP contribution in [0.2, 0.25) is 0 Å². The van der Waals surface area contributed by atoms with Crippen LogP contribution in [-0.2, 0) is 0 Å². The number of nitrogens with zero attached hydrogens (tertiary/aromatic N) is 6. The van der Waals surface area contributed by atoms with Crippen molar-refractivity contribution in [2.24, 2.45) is 0 Å². The van der Waals surface area contributed by atoms with Crippen molar-refractivity contribution in [1.29, 1.82) is 0 Å². The zero-order chi connectivity index (χ0) is 24.5. The van der Waals surface area contributed by atoms with Crippen molar-refractivity contribution in [3.8, 4) is 0 Å². The fraction of sp³-hybridized carbons (Fsp3) is 0.429. The number of piperazine rings is 1. The number of rotatable bonds is 5. The molecule has 2 aromatic carbocycles. The van der Waals surface area contributed by atoms with Crippen LogP contribution < -0.4 is 10.5 Å². The lowest BCUT2D eigenvalue weighted by molar-refractivity contribution is 0.192. The smallest absolute Gasteiger partial charge is 0.253 e. The topological polar surface area (TPSA) is 82.9 Å². The lowest BCUT2D eigenvalue weighted by atomic mass is 9.95. The van der Waals surface area contributed by atoms with Gasteiger partial charge >= 0.3 is 0 Å². The van der Waals surface area contributed by atoms with Gasteiger partial charge in [-0.05, 0) is 65.9 Å². The standard InChI is InChI=1S/C28H33N7O/c1-20-12-13-25-21(18-20)19-24(28(36)29-25)26(27-30-31-32-35(27)23-10-6-3-7-11-23)34-16-14-33(15-17-34)22-8-4-2-5-9-22/h2,4-5,8-9,12-13,18-19,23,26H,3,6-7,10-11,14-17H2,1H3,(H,29,36). The van der Waals surface area contributed by atoms with E-state index in [-0.39, 0.29) is 11.6 Å². The van der Waals surface area contributed by atoms with Gasteiger partial charge in [0, 0.05) is 42.9 Å². The number of hydrogen-bond donors (Lipinski definition) is 1. The lowest BCUT2D eigenvalue weighted by Crippen LogP contribution is -2.49. The van der Waals surface area contributed by atoms with Gasteiger partial charge in [-0.1, -0.05) is 49.1 Å². The molecule has 1 atom stereocenters. The number of fused-ring (bicyclic) bond motifs is 1. The molecule has 0 bridgehead atoms. The number of para-hydroxylation sites is 1. The highest BCUT2D eigenvalue weighted by Crippen LogP contribution is 2.33. The molecule has 0 radical (unpaired) electrons. The number of aryl methyl sites for hydroxylation is 1. The summed E-state index contributed by atoms with van der Waals surface area (Å²) in [5.41, 5.74) is 3.90. The molecule has 6 rings (SSSR count). The summed E-state index contributed by atoms with van der Waals surface area (Å²) in [6.45, 7) is 5.49. The van der Waals surface area contributed by atoms with Gasteiger partial charge < -0.3 is 9.88 Å². The Kier molecular flexibility index (Phi) is 6.27. The third kappa shape index (κ3) is 4.41. The molecule has 1 saturated carbocycles. The average Bonchev–Trinajstić information content (AvgIpc) is 3.40. The molecule has 3 heterocycles. The summed E-state index contributed by atoms with van der Waals surface area (Å²) < 4.78 is 2.02. The number of aromatic nitrogens is 5. The van der Waals surface area contributed by atoms with E-state index in [0.717, 1.165) is 55.7 Å². The van der Waals surface area contributed by atoms with Crippen molar-refractivity contribution in [3.05, 3.63) is 81.9 Å². The summed E-state index contributed by atoms with van der Waals surface area (Å²) in [5, 5.41) is 14.2. The molecular weight excluding hydrogens is 450 g/mol. The zero-order valence-corrected chi connectivity index (χ0v) is 20.8. The minimum atomic E-state index is -0.298. The van der Waals surface area contributed by atoms with Gasteiger partial charge in [0.15, 0.2) is 5.82 Å². The van der Waals surface area contributed by atoms with Gasteiger partial charge in [0.25, 0.3) is 5.56 Å². The first-order valence-electron chi connectivity index (χ1n) is 13.1. The molecule has 1 saturated heterocycles. The van der Waals surface area contributed by atoms with Crippen molar-refractivity contribution < 1.29 is 0 Å². The number of nitrogens with one attached hydrogen (secondary N) is 1. The SMILES string of the molecule is Cc1ccc2[nH]c(=O)c(C(c3nnnn3C3CCCCC3)N3CCN(c4ccccc4)CC3)cc2c1. The van der Waals surface area contributed by atoms with E-state index in [9.17, 15) is 4.79 Å². The van der Waals surface area contributed by atoms with Crippen molar-refractivity contribution in [2.75, 3.05) is 31.1 Å². The Morgan fingerprint density at radius 1 is 0.944 bits per heavy atom. The Balaban J connectivity index is 1.40. The van der Waals surface area contributed by atoms with Crippen LogP contribution in [0.1, 0.15) is 61.1 Å². The number of aromatic amines is 1. The van der Waals surface area contributed by atoms with E-state index in [1.54, 1.807) is 0 Å². The maximum atomic E-state index is 13.5. The number of pyridine rings is 1. The molecule has 1 aliphatic carbocycles. The highest BCUT2D eigenvalue weighted by molar-refractivity contribution is 5.79. The summed E-state index contributed by atoms with van der Waals surface area (Å²) >= 11 is 0. The first-order chi connectivity index (χ1) is 17.7. The molecule has 8 heteroatoms. The average molecular weight is 484 g/mol. The Bertz CT molecular complexity index is 1380. The molecule has 8 nitrogen and oxygen atoms in total. The van der Waals surface area contributed by atoms with Crippen LogP contribution in [0.3, 0.4) is 0 Å². The molecule has 186 valence electrons. The van der Waals surface area contributed by atoms with E-state index in [1.165, 1.54) is 30.5 Å². The second kappa shape index (κ2) is 9.85. The predicted molar refractivity (Wildman–Crippen MR) is 141 cm³/mol. The highest BCUT2D eigenvalue weighted by Gasteiger charge is 2.34. The van der Waals surface area contributed by atoms with Gasteiger partial charge in [0.05, 0.1) is 6.04 Å². The first kappa shape index (κ1) is 22.9. The van der Waals surface area contributed by atoms with E-state index < -0.39 is 0 Å². The molecule has 36 heavy (non-hydrogen) atoms. The Hall–Kier alpha value is -3.52. The third-order valence-corrected chi connectivity index (χ3v) is 7.81.